The van der Waals surface area contributed by atoms with Crippen LogP contribution in [0, 0.1) is 9.39 Å². The highest BCUT2D eigenvalue weighted by Crippen LogP contribution is 2.32. The van der Waals surface area contributed by atoms with Gasteiger partial charge in [0.1, 0.15) is 5.82 Å². The maximum atomic E-state index is 13.3. The number of carbonyl (C=O) groups excluding carboxylic acids is 1. The van der Waals surface area contributed by atoms with Crippen LogP contribution in [0.2, 0.25) is 0 Å². The Hall–Kier alpha value is -2.20. The average Bonchev–Trinajstić information content (AvgIpc) is 3.08. The molecular formula is C19H16FIN2O3S. The summed E-state index contributed by atoms with van der Waals surface area (Å²) in [5.41, 5.74) is 1.32. The molecule has 0 aliphatic heterocycles. The van der Waals surface area contributed by atoms with Crippen LogP contribution < -0.4 is 14.8 Å². The molecule has 8 heteroatoms. The fourth-order valence-corrected chi connectivity index (χ4v) is 4.01. The smallest absolute Gasteiger partial charge is 0.258 e. The molecule has 0 aliphatic carbocycles. The summed E-state index contributed by atoms with van der Waals surface area (Å²) >= 11 is 3.43. The number of amides is 1. The van der Waals surface area contributed by atoms with Gasteiger partial charge >= 0.3 is 0 Å². The molecule has 0 fully saturated rings. The second-order valence-corrected chi connectivity index (χ2v) is 7.86. The van der Waals surface area contributed by atoms with Crippen molar-refractivity contribution in [3.05, 3.63) is 68.0 Å². The first-order valence-corrected chi connectivity index (χ1v) is 9.81. The zero-order chi connectivity index (χ0) is 19.4. The van der Waals surface area contributed by atoms with E-state index >= 15 is 0 Å². The lowest BCUT2D eigenvalue weighted by atomic mass is 10.1. The Balaban J connectivity index is 1.74. The zero-order valence-corrected chi connectivity index (χ0v) is 17.6. The Kier molecular flexibility index (Phi) is 6.27. The molecule has 1 N–H and O–H groups in total. The predicted octanol–water partition coefficient (Wildman–Crippen LogP) is 4.75. The summed E-state index contributed by atoms with van der Waals surface area (Å²) in [6.45, 7) is 0. The first kappa shape index (κ1) is 19.6. The maximum Gasteiger partial charge on any atom is 0.258 e. The molecule has 0 atom stereocenters. The Morgan fingerprint density at radius 2 is 1.96 bits per heavy atom. The molecule has 3 rings (SSSR count). The molecule has 5 nitrogen and oxygen atoms in total. The number of hydrogen-bond acceptors (Lipinski definition) is 5. The van der Waals surface area contributed by atoms with Gasteiger partial charge in [-0.15, -0.1) is 11.3 Å². The van der Waals surface area contributed by atoms with E-state index in [0.29, 0.717) is 28.6 Å². The van der Waals surface area contributed by atoms with Crippen LogP contribution in [0.1, 0.15) is 20.8 Å². The molecule has 0 radical (unpaired) electrons. The molecule has 1 aromatic heterocycles. The van der Waals surface area contributed by atoms with Crippen LogP contribution in [0.25, 0.3) is 0 Å². The van der Waals surface area contributed by atoms with Gasteiger partial charge in [0.05, 0.1) is 19.8 Å². The van der Waals surface area contributed by atoms with Crippen LogP contribution in [0.3, 0.4) is 0 Å². The van der Waals surface area contributed by atoms with Gasteiger partial charge in [0.25, 0.3) is 5.91 Å². The van der Waals surface area contributed by atoms with Crippen molar-refractivity contribution in [1.29, 1.82) is 0 Å². The lowest BCUT2D eigenvalue weighted by Gasteiger charge is -2.11. The number of aromatic nitrogens is 1. The minimum Gasteiger partial charge on any atom is -0.493 e. The Morgan fingerprint density at radius 1 is 1.22 bits per heavy atom. The van der Waals surface area contributed by atoms with Crippen LogP contribution in [0.5, 0.6) is 11.5 Å². The lowest BCUT2D eigenvalue weighted by Crippen LogP contribution is -2.13. The summed E-state index contributed by atoms with van der Waals surface area (Å²) in [7, 11) is 3.06. The van der Waals surface area contributed by atoms with Crippen molar-refractivity contribution < 1.29 is 18.7 Å². The number of ether oxygens (including phenoxy) is 2. The van der Waals surface area contributed by atoms with Crippen LogP contribution >= 0.6 is 33.9 Å². The van der Waals surface area contributed by atoms with Crippen molar-refractivity contribution in [3.8, 4) is 11.5 Å². The fraction of sp³-hybridized carbons (Fsp3) is 0.158. The summed E-state index contributed by atoms with van der Waals surface area (Å²) in [4.78, 5) is 17.8. The third-order valence-electron chi connectivity index (χ3n) is 3.76. The largest absolute Gasteiger partial charge is 0.493 e. The quantitative estimate of drug-likeness (QED) is 0.499. The minimum absolute atomic E-state index is 0.270. The van der Waals surface area contributed by atoms with Gasteiger partial charge < -0.3 is 9.47 Å². The Bertz CT molecular complexity index is 977. The molecule has 1 heterocycles. The number of anilines is 1. The van der Waals surface area contributed by atoms with E-state index in [4.69, 9.17) is 9.47 Å². The van der Waals surface area contributed by atoms with E-state index in [0.717, 1.165) is 14.0 Å². The lowest BCUT2D eigenvalue weighted by molar-refractivity contribution is 0.102. The average molecular weight is 498 g/mol. The summed E-state index contributed by atoms with van der Waals surface area (Å²) < 4.78 is 24.5. The van der Waals surface area contributed by atoms with Gasteiger partial charge in [-0.3, -0.25) is 10.1 Å². The number of thiazole rings is 1. The second kappa shape index (κ2) is 8.66. The third-order valence-corrected chi connectivity index (χ3v) is 5.56. The van der Waals surface area contributed by atoms with E-state index in [9.17, 15) is 9.18 Å². The van der Waals surface area contributed by atoms with E-state index in [2.05, 4.69) is 32.9 Å². The van der Waals surface area contributed by atoms with Crippen LogP contribution in [-0.4, -0.2) is 25.1 Å². The highest BCUT2D eigenvalue weighted by Gasteiger charge is 2.17. The van der Waals surface area contributed by atoms with Gasteiger partial charge in [-0.2, -0.15) is 0 Å². The molecule has 1 amide bonds. The van der Waals surface area contributed by atoms with E-state index in [-0.39, 0.29) is 11.7 Å². The summed E-state index contributed by atoms with van der Waals surface area (Å²) in [5.74, 6) is 0.486. The molecule has 0 unspecified atom stereocenters. The Labute approximate surface area is 173 Å². The maximum absolute atomic E-state index is 13.3. The molecule has 0 bridgehead atoms. The number of halogens is 2. The second-order valence-electron chi connectivity index (χ2n) is 5.58. The molecule has 0 spiro atoms. The van der Waals surface area contributed by atoms with Gasteiger partial charge in [0.2, 0.25) is 0 Å². The monoisotopic (exact) mass is 498 g/mol. The number of nitrogens with one attached hydrogen (secondary N) is 1. The third kappa shape index (κ3) is 4.75. The number of benzene rings is 2. The Morgan fingerprint density at radius 3 is 2.67 bits per heavy atom. The highest BCUT2D eigenvalue weighted by molar-refractivity contribution is 14.1. The number of methoxy groups -OCH3 is 2. The number of nitrogens with zero attached hydrogens (tertiary/aromatic N) is 1. The van der Waals surface area contributed by atoms with Crippen molar-refractivity contribution in [2.24, 2.45) is 0 Å². The summed E-state index contributed by atoms with van der Waals surface area (Å²) in [6, 6.07) is 9.81. The highest BCUT2D eigenvalue weighted by atomic mass is 127. The zero-order valence-electron chi connectivity index (χ0n) is 14.6. The van der Waals surface area contributed by atoms with Crippen LogP contribution in [0.15, 0.2) is 42.6 Å². The van der Waals surface area contributed by atoms with Gasteiger partial charge in [0, 0.05) is 21.1 Å². The standard InChI is InChI=1S/C19H16FIN2O3S/c1-25-16-8-14(15(21)9-17(16)26-2)18(24)23-19-22-10-13(27-19)7-11-4-3-5-12(20)6-11/h3-6,8-10H,7H2,1-2H3,(H,22,23,24). The van der Waals surface area contributed by atoms with Crippen molar-refractivity contribution in [2.75, 3.05) is 19.5 Å². The number of carbonyl (C=O) groups is 1. The molecule has 0 aliphatic rings. The van der Waals surface area contributed by atoms with E-state index < -0.39 is 0 Å². The topological polar surface area (TPSA) is 60.5 Å². The molecular weight excluding hydrogens is 482 g/mol. The van der Waals surface area contributed by atoms with Crippen molar-refractivity contribution >= 4 is 45.0 Å². The SMILES string of the molecule is COc1cc(I)c(C(=O)Nc2ncc(Cc3cccc(F)c3)s2)cc1OC. The molecule has 2 aromatic carbocycles. The fourth-order valence-electron chi connectivity index (χ4n) is 2.49. The molecule has 0 saturated carbocycles. The van der Waals surface area contributed by atoms with E-state index in [1.165, 1.54) is 30.6 Å². The summed E-state index contributed by atoms with van der Waals surface area (Å²) in [5, 5.41) is 3.28. The van der Waals surface area contributed by atoms with Crippen LogP contribution in [0.4, 0.5) is 9.52 Å². The van der Waals surface area contributed by atoms with Gasteiger partial charge in [0.15, 0.2) is 16.6 Å². The van der Waals surface area contributed by atoms with Gasteiger partial charge in [-0.25, -0.2) is 9.37 Å². The van der Waals surface area contributed by atoms with E-state index in [1.54, 1.807) is 31.5 Å². The van der Waals surface area contributed by atoms with Gasteiger partial charge in [-0.1, -0.05) is 12.1 Å². The van der Waals surface area contributed by atoms with Crippen LogP contribution in [-0.2, 0) is 6.42 Å². The van der Waals surface area contributed by atoms with E-state index in [1.807, 2.05) is 6.07 Å². The number of hydrogen-bond donors (Lipinski definition) is 1. The first-order chi connectivity index (χ1) is 13.0. The minimum atomic E-state index is -0.285. The van der Waals surface area contributed by atoms with Gasteiger partial charge in [-0.05, 0) is 52.4 Å². The van der Waals surface area contributed by atoms with Crippen molar-refractivity contribution in [2.45, 2.75) is 6.42 Å². The predicted molar refractivity (Wildman–Crippen MR) is 112 cm³/mol. The van der Waals surface area contributed by atoms with Crippen molar-refractivity contribution in [3.63, 3.8) is 0 Å². The molecule has 27 heavy (non-hydrogen) atoms. The normalized spacial score (nSPS) is 10.5. The summed E-state index contributed by atoms with van der Waals surface area (Å²) in [6.07, 6.45) is 2.24. The number of rotatable bonds is 6. The molecule has 140 valence electrons. The van der Waals surface area contributed by atoms with Crippen molar-refractivity contribution in [1.82, 2.24) is 4.98 Å². The first-order valence-electron chi connectivity index (χ1n) is 7.92. The molecule has 0 saturated heterocycles. The molecule has 3 aromatic rings.